The Hall–Kier alpha value is -4.68. The second kappa shape index (κ2) is 9.17. The Morgan fingerprint density at radius 1 is 0.889 bits per heavy atom. The largest absolute Gasteiger partial charge is 0.497 e. The molecule has 0 aliphatic carbocycles. The molecule has 2 aromatic carbocycles. The summed E-state index contributed by atoms with van der Waals surface area (Å²) in [6.45, 7) is -0.0189. The highest BCUT2D eigenvalue weighted by molar-refractivity contribution is 6.25. The van der Waals surface area contributed by atoms with Crippen molar-refractivity contribution in [3.05, 3.63) is 42.3 Å². The Labute approximate surface area is 205 Å². The Bertz CT molecular complexity index is 1360. The number of nitrogens with zero attached hydrogens (tertiary/aromatic N) is 6. The van der Waals surface area contributed by atoms with Gasteiger partial charge in [-0.05, 0) is 24.3 Å². The second-order valence-corrected chi connectivity index (χ2v) is 7.82. The number of rotatable bonds is 8. The van der Waals surface area contributed by atoms with E-state index in [9.17, 15) is 9.59 Å². The van der Waals surface area contributed by atoms with E-state index in [2.05, 4.69) is 20.5 Å². The molecule has 2 aliphatic rings. The summed E-state index contributed by atoms with van der Waals surface area (Å²) >= 11 is 0. The first-order chi connectivity index (χ1) is 17.5. The Morgan fingerprint density at radius 3 is 2.39 bits per heavy atom. The molecule has 1 fully saturated rings. The van der Waals surface area contributed by atoms with Gasteiger partial charge in [-0.25, -0.2) is 4.90 Å². The van der Waals surface area contributed by atoms with Crippen LogP contribution in [0.3, 0.4) is 0 Å². The lowest BCUT2D eigenvalue weighted by Crippen LogP contribution is -2.39. The van der Waals surface area contributed by atoms with Crippen molar-refractivity contribution in [1.29, 1.82) is 0 Å². The van der Waals surface area contributed by atoms with E-state index in [-0.39, 0.29) is 18.3 Å². The lowest BCUT2D eigenvalue weighted by atomic mass is 10.1. The van der Waals surface area contributed by atoms with E-state index in [1.54, 1.807) is 43.5 Å². The van der Waals surface area contributed by atoms with E-state index < -0.39 is 23.9 Å². The van der Waals surface area contributed by atoms with Gasteiger partial charge in [0.1, 0.15) is 18.0 Å². The van der Waals surface area contributed by atoms with Gasteiger partial charge in [-0.1, -0.05) is 10.4 Å². The SMILES string of the molecule is COc1ccc(-c2noc(CN3N=N[C@@H]4C(=O)N(c5ccc(OC)c(OC)c5)C(=O)[C@H]43)n2)c(OC)c1. The third kappa shape index (κ3) is 3.74. The maximum atomic E-state index is 13.3. The van der Waals surface area contributed by atoms with Crippen molar-refractivity contribution in [3.8, 4) is 34.4 Å². The van der Waals surface area contributed by atoms with Crippen LogP contribution in [0.5, 0.6) is 23.0 Å². The molecule has 0 radical (unpaired) electrons. The summed E-state index contributed by atoms with van der Waals surface area (Å²) in [4.78, 5) is 31.8. The van der Waals surface area contributed by atoms with E-state index in [0.717, 1.165) is 4.90 Å². The first-order valence-electron chi connectivity index (χ1n) is 10.8. The molecule has 186 valence electrons. The van der Waals surface area contributed by atoms with Crippen molar-refractivity contribution in [1.82, 2.24) is 15.1 Å². The number of imide groups is 1. The number of aromatic nitrogens is 2. The zero-order valence-electron chi connectivity index (χ0n) is 19.9. The molecule has 0 unspecified atom stereocenters. The van der Waals surface area contributed by atoms with Gasteiger partial charge in [-0.15, -0.1) is 0 Å². The number of ether oxygens (including phenoxy) is 4. The van der Waals surface area contributed by atoms with E-state index >= 15 is 0 Å². The fraction of sp³-hybridized carbons (Fsp3) is 0.304. The number of amides is 2. The predicted octanol–water partition coefficient (Wildman–Crippen LogP) is 2.26. The quantitative estimate of drug-likeness (QED) is 0.428. The third-order valence-corrected chi connectivity index (χ3v) is 5.90. The third-order valence-electron chi connectivity index (χ3n) is 5.90. The first kappa shape index (κ1) is 23.1. The monoisotopic (exact) mass is 494 g/mol. The summed E-state index contributed by atoms with van der Waals surface area (Å²) in [5.41, 5.74) is 0.944. The Balaban J connectivity index is 1.36. The van der Waals surface area contributed by atoms with Crippen LogP contribution in [0.4, 0.5) is 5.69 Å². The smallest absolute Gasteiger partial charge is 0.263 e. The zero-order valence-corrected chi connectivity index (χ0v) is 19.9. The van der Waals surface area contributed by atoms with Crippen molar-refractivity contribution in [2.75, 3.05) is 33.3 Å². The van der Waals surface area contributed by atoms with Gasteiger partial charge in [0.15, 0.2) is 23.6 Å². The molecule has 5 rings (SSSR count). The summed E-state index contributed by atoms with van der Waals surface area (Å²) in [6.07, 6.45) is 0. The average Bonchev–Trinajstić information content (AvgIpc) is 3.61. The normalized spacial score (nSPS) is 18.6. The minimum atomic E-state index is -0.977. The molecule has 0 spiro atoms. The number of benzene rings is 2. The van der Waals surface area contributed by atoms with Crippen molar-refractivity contribution >= 4 is 17.5 Å². The van der Waals surface area contributed by atoms with Crippen LogP contribution in [0.15, 0.2) is 51.3 Å². The molecule has 2 amide bonds. The van der Waals surface area contributed by atoms with Crippen molar-refractivity contribution in [2.45, 2.75) is 18.6 Å². The number of fused-ring (bicyclic) bond motifs is 1. The van der Waals surface area contributed by atoms with Crippen LogP contribution in [0.25, 0.3) is 11.4 Å². The molecule has 0 bridgehead atoms. The molecule has 36 heavy (non-hydrogen) atoms. The van der Waals surface area contributed by atoms with Crippen LogP contribution in [0.1, 0.15) is 5.89 Å². The Morgan fingerprint density at radius 2 is 1.67 bits per heavy atom. The topological polar surface area (TPSA) is 141 Å². The number of anilines is 1. The molecule has 13 nitrogen and oxygen atoms in total. The standard InChI is InChI=1S/C23H22N6O7/c1-32-13-6-7-14(16(10-13)34-3)21-24-18(36-26-21)11-28-20-19(25-27-28)22(30)29(23(20)31)12-5-8-15(33-2)17(9-12)35-4/h5-10,19-20H,11H2,1-4H3/t19-,20-/m0/s1. The molecule has 3 aromatic rings. The summed E-state index contributed by atoms with van der Waals surface area (Å²) < 4.78 is 26.5. The first-order valence-corrected chi connectivity index (χ1v) is 10.8. The fourth-order valence-electron chi connectivity index (χ4n) is 4.12. The van der Waals surface area contributed by atoms with Crippen LogP contribution >= 0.6 is 0 Å². The highest BCUT2D eigenvalue weighted by Gasteiger charge is 2.55. The lowest BCUT2D eigenvalue weighted by Gasteiger charge is -2.20. The van der Waals surface area contributed by atoms with Crippen LogP contribution < -0.4 is 23.8 Å². The van der Waals surface area contributed by atoms with E-state index in [4.69, 9.17) is 23.5 Å². The Kier molecular flexibility index (Phi) is 5.88. The van der Waals surface area contributed by atoms with Crippen LogP contribution in [0.2, 0.25) is 0 Å². The van der Waals surface area contributed by atoms with Crippen molar-refractivity contribution < 1.29 is 33.1 Å². The molecule has 0 saturated carbocycles. The van der Waals surface area contributed by atoms with Gasteiger partial charge in [0.05, 0.1) is 39.7 Å². The van der Waals surface area contributed by atoms with E-state index in [1.165, 1.54) is 26.3 Å². The summed E-state index contributed by atoms with van der Waals surface area (Å²) in [5, 5.41) is 13.4. The summed E-state index contributed by atoms with van der Waals surface area (Å²) in [7, 11) is 6.05. The average molecular weight is 494 g/mol. The molecule has 0 N–H and O–H groups in total. The molecule has 1 aromatic heterocycles. The minimum Gasteiger partial charge on any atom is -0.497 e. The molecule has 1 saturated heterocycles. The second-order valence-electron chi connectivity index (χ2n) is 7.82. The summed E-state index contributed by atoms with van der Waals surface area (Å²) in [6, 6.07) is 8.07. The number of hydrogen-bond acceptors (Lipinski definition) is 12. The maximum absolute atomic E-state index is 13.3. The van der Waals surface area contributed by atoms with Gasteiger partial charge in [0.2, 0.25) is 11.7 Å². The van der Waals surface area contributed by atoms with Crippen LogP contribution in [0, 0.1) is 0 Å². The molecule has 2 atom stereocenters. The summed E-state index contributed by atoms with van der Waals surface area (Å²) in [5.74, 6) is 1.50. The molecule has 3 heterocycles. The highest BCUT2D eigenvalue weighted by atomic mass is 16.5. The number of carbonyl (C=O) groups is 2. The van der Waals surface area contributed by atoms with Gasteiger partial charge >= 0.3 is 0 Å². The van der Waals surface area contributed by atoms with Crippen molar-refractivity contribution in [3.63, 3.8) is 0 Å². The molecule has 2 aliphatic heterocycles. The molecule has 13 heteroatoms. The van der Waals surface area contributed by atoms with Crippen LogP contribution in [-0.4, -0.2) is 67.5 Å². The fourth-order valence-corrected chi connectivity index (χ4v) is 4.12. The zero-order chi connectivity index (χ0) is 25.4. The van der Waals surface area contributed by atoms with Crippen LogP contribution in [-0.2, 0) is 16.1 Å². The maximum Gasteiger partial charge on any atom is 0.263 e. The lowest BCUT2D eigenvalue weighted by molar-refractivity contribution is -0.123. The minimum absolute atomic E-state index is 0.0189. The number of hydrogen-bond donors (Lipinski definition) is 0. The molecular formula is C23H22N6O7. The van der Waals surface area contributed by atoms with Gasteiger partial charge in [-0.2, -0.15) is 10.1 Å². The molecular weight excluding hydrogens is 472 g/mol. The highest BCUT2D eigenvalue weighted by Crippen LogP contribution is 2.37. The van der Waals surface area contributed by atoms with Gasteiger partial charge in [-0.3, -0.25) is 14.6 Å². The van der Waals surface area contributed by atoms with Crippen molar-refractivity contribution in [2.24, 2.45) is 10.3 Å². The van der Waals surface area contributed by atoms with Gasteiger partial charge in [0.25, 0.3) is 11.8 Å². The number of methoxy groups -OCH3 is 4. The van der Waals surface area contributed by atoms with E-state index in [0.29, 0.717) is 34.2 Å². The van der Waals surface area contributed by atoms with E-state index in [1.807, 2.05) is 0 Å². The van der Waals surface area contributed by atoms with Gasteiger partial charge < -0.3 is 23.5 Å². The number of carbonyl (C=O) groups excluding carboxylic acids is 2. The predicted molar refractivity (Wildman–Crippen MR) is 123 cm³/mol. The van der Waals surface area contributed by atoms with Gasteiger partial charge in [0, 0.05) is 12.1 Å².